The Morgan fingerprint density at radius 3 is 2.88 bits per heavy atom. The van der Waals surface area contributed by atoms with Crippen LogP contribution in [0.4, 0.5) is 10.1 Å². The zero-order valence-electron chi connectivity index (χ0n) is 14.3. The lowest BCUT2D eigenvalue weighted by Gasteiger charge is -2.38. The van der Waals surface area contributed by atoms with E-state index in [1.54, 1.807) is 12.1 Å². The van der Waals surface area contributed by atoms with Gasteiger partial charge in [-0.15, -0.1) is 0 Å². The van der Waals surface area contributed by atoms with Crippen LogP contribution in [0, 0.1) is 18.7 Å². The molecule has 3 atom stereocenters. The summed E-state index contributed by atoms with van der Waals surface area (Å²) in [5, 5.41) is 3.59. The van der Waals surface area contributed by atoms with Crippen LogP contribution in [0.25, 0.3) is 0 Å². The van der Waals surface area contributed by atoms with Gasteiger partial charge >= 0.3 is 5.97 Å². The van der Waals surface area contributed by atoms with Crippen molar-refractivity contribution in [3.8, 4) is 0 Å². The summed E-state index contributed by atoms with van der Waals surface area (Å²) in [7, 11) is 1.39. The molecule has 0 saturated heterocycles. The van der Waals surface area contributed by atoms with Gasteiger partial charge in [0, 0.05) is 11.6 Å². The largest absolute Gasteiger partial charge is 0.465 e. The van der Waals surface area contributed by atoms with Crippen molar-refractivity contribution in [3.05, 3.63) is 76.6 Å². The maximum atomic E-state index is 13.8. The first-order valence-corrected chi connectivity index (χ1v) is 8.50. The molecule has 4 heteroatoms. The van der Waals surface area contributed by atoms with E-state index in [4.69, 9.17) is 4.74 Å². The molecule has 1 N–H and O–H groups in total. The molecule has 2 aliphatic rings. The third-order valence-corrected chi connectivity index (χ3v) is 5.41. The van der Waals surface area contributed by atoms with Crippen molar-refractivity contribution in [1.82, 2.24) is 0 Å². The predicted octanol–water partition coefficient (Wildman–Crippen LogP) is 4.75. The molecule has 0 unspecified atom stereocenters. The van der Waals surface area contributed by atoms with Gasteiger partial charge in [-0.05, 0) is 54.2 Å². The van der Waals surface area contributed by atoms with E-state index in [1.165, 1.54) is 18.7 Å². The van der Waals surface area contributed by atoms with Crippen LogP contribution in [0.1, 0.15) is 45.4 Å². The summed E-state index contributed by atoms with van der Waals surface area (Å²) < 4.78 is 18.6. The van der Waals surface area contributed by atoms with Crippen molar-refractivity contribution in [2.75, 3.05) is 12.4 Å². The first-order chi connectivity index (χ1) is 12.1. The summed E-state index contributed by atoms with van der Waals surface area (Å²) >= 11 is 0. The number of halogens is 1. The molecule has 2 aromatic rings. The number of nitrogens with one attached hydrogen (secondary N) is 1. The van der Waals surface area contributed by atoms with Gasteiger partial charge in [0.15, 0.2) is 0 Å². The molecule has 128 valence electrons. The van der Waals surface area contributed by atoms with Gasteiger partial charge in [-0.1, -0.05) is 30.4 Å². The SMILES string of the molecule is COC(=O)c1ccc2c(c1C)N[C@H](c1cccc(F)c1)[C@H]1CC=C[C@H]21. The normalized spacial score (nSPS) is 23.6. The van der Waals surface area contributed by atoms with Crippen molar-refractivity contribution in [1.29, 1.82) is 0 Å². The lowest BCUT2D eigenvalue weighted by molar-refractivity contribution is 0.0600. The average molecular weight is 337 g/mol. The highest BCUT2D eigenvalue weighted by Crippen LogP contribution is 2.51. The van der Waals surface area contributed by atoms with Gasteiger partial charge in [-0.2, -0.15) is 0 Å². The highest BCUT2D eigenvalue weighted by atomic mass is 19.1. The van der Waals surface area contributed by atoms with E-state index in [9.17, 15) is 9.18 Å². The smallest absolute Gasteiger partial charge is 0.338 e. The van der Waals surface area contributed by atoms with Crippen LogP contribution in [0.5, 0.6) is 0 Å². The zero-order valence-corrected chi connectivity index (χ0v) is 14.3. The van der Waals surface area contributed by atoms with E-state index in [1.807, 2.05) is 25.1 Å². The molecule has 0 bridgehead atoms. The maximum absolute atomic E-state index is 13.8. The number of fused-ring (bicyclic) bond motifs is 3. The number of rotatable bonds is 2. The average Bonchev–Trinajstić information content (AvgIpc) is 3.11. The third kappa shape index (κ3) is 2.53. The minimum atomic E-state index is -0.339. The summed E-state index contributed by atoms with van der Waals surface area (Å²) in [6, 6.07) is 10.6. The topological polar surface area (TPSA) is 38.3 Å². The Labute approximate surface area is 146 Å². The van der Waals surface area contributed by atoms with Crippen molar-refractivity contribution in [2.24, 2.45) is 5.92 Å². The Morgan fingerprint density at radius 2 is 2.12 bits per heavy atom. The highest BCUT2D eigenvalue weighted by molar-refractivity contribution is 5.93. The van der Waals surface area contributed by atoms with Crippen LogP contribution in [-0.2, 0) is 4.74 Å². The Balaban J connectivity index is 1.83. The van der Waals surface area contributed by atoms with Crippen molar-refractivity contribution < 1.29 is 13.9 Å². The van der Waals surface area contributed by atoms with Gasteiger partial charge in [-0.25, -0.2) is 9.18 Å². The van der Waals surface area contributed by atoms with Gasteiger partial charge in [0.2, 0.25) is 0 Å². The molecule has 1 aliphatic heterocycles. The fourth-order valence-electron chi connectivity index (χ4n) is 4.18. The molecule has 1 aliphatic carbocycles. The molecule has 4 rings (SSSR count). The monoisotopic (exact) mass is 337 g/mol. The number of benzene rings is 2. The Bertz CT molecular complexity index is 874. The third-order valence-electron chi connectivity index (χ3n) is 5.41. The number of hydrogen-bond acceptors (Lipinski definition) is 3. The van der Waals surface area contributed by atoms with E-state index in [-0.39, 0.29) is 23.7 Å². The Kier molecular flexibility index (Phi) is 3.83. The molecule has 0 saturated carbocycles. The second-order valence-corrected chi connectivity index (χ2v) is 6.72. The number of carbonyl (C=O) groups excluding carboxylic acids is 1. The van der Waals surface area contributed by atoms with E-state index in [0.29, 0.717) is 11.5 Å². The second kappa shape index (κ2) is 6.03. The van der Waals surface area contributed by atoms with Crippen LogP contribution in [0.15, 0.2) is 48.6 Å². The molecular weight excluding hydrogens is 317 g/mol. The summed E-state index contributed by atoms with van der Waals surface area (Å²) in [4.78, 5) is 12.0. The molecule has 0 amide bonds. The van der Waals surface area contributed by atoms with Crippen LogP contribution >= 0.6 is 0 Å². The molecule has 0 spiro atoms. The number of carbonyl (C=O) groups is 1. The maximum Gasteiger partial charge on any atom is 0.338 e. The fourth-order valence-corrected chi connectivity index (χ4v) is 4.18. The molecule has 0 fully saturated rings. The van der Waals surface area contributed by atoms with E-state index >= 15 is 0 Å². The summed E-state index contributed by atoms with van der Waals surface area (Å²) in [6.45, 7) is 1.93. The summed E-state index contributed by atoms with van der Waals surface area (Å²) in [6.07, 6.45) is 5.38. The number of ether oxygens (including phenoxy) is 1. The Morgan fingerprint density at radius 1 is 1.28 bits per heavy atom. The molecule has 0 radical (unpaired) electrons. The van der Waals surface area contributed by atoms with Gasteiger partial charge in [0.1, 0.15) is 5.82 Å². The lowest BCUT2D eigenvalue weighted by atomic mass is 9.76. The van der Waals surface area contributed by atoms with Gasteiger partial charge < -0.3 is 10.1 Å². The minimum absolute atomic E-state index is 0.00907. The van der Waals surface area contributed by atoms with Crippen molar-refractivity contribution in [2.45, 2.75) is 25.3 Å². The van der Waals surface area contributed by atoms with E-state index in [2.05, 4.69) is 17.5 Å². The second-order valence-electron chi connectivity index (χ2n) is 6.72. The fraction of sp³-hybridized carbons (Fsp3) is 0.286. The van der Waals surface area contributed by atoms with Crippen molar-refractivity contribution in [3.63, 3.8) is 0 Å². The van der Waals surface area contributed by atoms with Crippen LogP contribution in [0.2, 0.25) is 0 Å². The predicted molar refractivity (Wildman–Crippen MR) is 95.3 cm³/mol. The number of allylic oxidation sites excluding steroid dienone is 2. The molecule has 1 heterocycles. The first-order valence-electron chi connectivity index (χ1n) is 8.50. The molecule has 2 aromatic carbocycles. The first kappa shape index (κ1) is 15.9. The number of methoxy groups -OCH3 is 1. The molecular formula is C21H20FNO2. The molecule has 0 aromatic heterocycles. The van der Waals surface area contributed by atoms with Gasteiger partial charge in [0.25, 0.3) is 0 Å². The molecule has 25 heavy (non-hydrogen) atoms. The van der Waals surface area contributed by atoms with Gasteiger partial charge in [-0.3, -0.25) is 0 Å². The van der Waals surface area contributed by atoms with Crippen molar-refractivity contribution >= 4 is 11.7 Å². The van der Waals surface area contributed by atoms with Gasteiger partial charge in [0.05, 0.1) is 18.7 Å². The molecule has 3 nitrogen and oxygen atoms in total. The Hall–Kier alpha value is -2.62. The van der Waals surface area contributed by atoms with Crippen LogP contribution < -0.4 is 5.32 Å². The highest BCUT2D eigenvalue weighted by Gasteiger charge is 2.39. The van der Waals surface area contributed by atoms with Crippen LogP contribution in [0.3, 0.4) is 0 Å². The number of esters is 1. The lowest BCUT2D eigenvalue weighted by Crippen LogP contribution is -2.30. The summed E-state index contributed by atoms with van der Waals surface area (Å²) in [5.74, 6) is 0.0497. The quantitative estimate of drug-likeness (QED) is 0.635. The number of anilines is 1. The van der Waals surface area contributed by atoms with Crippen LogP contribution in [-0.4, -0.2) is 13.1 Å². The van der Waals surface area contributed by atoms with E-state index in [0.717, 1.165) is 23.2 Å². The minimum Gasteiger partial charge on any atom is -0.465 e. The summed E-state index contributed by atoms with van der Waals surface area (Å²) in [5.41, 5.74) is 4.53. The number of hydrogen-bond donors (Lipinski definition) is 1. The van der Waals surface area contributed by atoms with E-state index < -0.39 is 0 Å². The zero-order chi connectivity index (χ0) is 17.6. The standard InChI is InChI=1S/C21H20FNO2/c1-12-15(21(24)25-2)9-10-18-16-7-4-8-17(16)20(23-19(12)18)13-5-3-6-14(22)11-13/h3-7,9-11,16-17,20,23H,8H2,1-2H3/t16-,17-,20+/m0/s1.